The van der Waals surface area contributed by atoms with Gasteiger partial charge >= 0.3 is 0 Å². The van der Waals surface area contributed by atoms with Gasteiger partial charge in [0.1, 0.15) is 0 Å². The molecule has 0 spiro atoms. The largest absolute Gasteiger partial charge is 0.395 e. The van der Waals surface area contributed by atoms with E-state index in [-0.39, 0.29) is 13.2 Å². The molecule has 0 aliphatic heterocycles. The van der Waals surface area contributed by atoms with Crippen molar-refractivity contribution in [2.45, 2.75) is 5.54 Å². The van der Waals surface area contributed by atoms with Gasteiger partial charge in [0.05, 0.1) is 18.8 Å². The number of hydrogen-bond acceptors (Lipinski definition) is 5. The zero-order valence-corrected chi connectivity index (χ0v) is 18.7. The minimum atomic E-state index is -0.453. The smallest absolute Gasteiger partial charge is 0.0948 e. The van der Waals surface area contributed by atoms with Crippen LogP contribution in [0.2, 0.25) is 0 Å². The summed E-state index contributed by atoms with van der Waals surface area (Å²) in [5.41, 5.74) is 3.16. The van der Waals surface area contributed by atoms with Crippen LogP contribution in [0.5, 0.6) is 0 Å². The number of aliphatic hydroxyl groups is 2. The van der Waals surface area contributed by atoms with Crippen molar-refractivity contribution >= 4 is 0 Å². The second-order valence-electron chi connectivity index (χ2n) is 7.81. The molecule has 5 heteroatoms. The Morgan fingerprint density at radius 2 is 1.00 bits per heavy atom. The number of aliphatic hydroxyl groups excluding tert-OH is 2. The van der Waals surface area contributed by atoms with Crippen molar-refractivity contribution in [3.05, 3.63) is 108 Å². The molecular weight excluding hydrogens is 398 g/mol. The van der Waals surface area contributed by atoms with E-state index < -0.39 is 5.54 Å². The average molecular weight is 434 g/mol. The lowest BCUT2D eigenvalue weighted by atomic mass is 9.77. The molecule has 0 saturated heterocycles. The highest BCUT2D eigenvalue weighted by molar-refractivity contribution is 5.49. The van der Waals surface area contributed by atoms with E-state index >= 15 is 0 Å². The molecule has 0 radical (unpaired) electrons. The predicted octanol–water partition coefficient (Wildman–Crippen LogP) is 2.44. The molecule has 0 atom stereocenters. The van der Waals surface area contributed by atoms with Crippen LogP contribution in [-0.2, 0) is 5.54 Å². The molecule has 5 nitrogen and oxygen atoms in total. The highest BCUT2D eigenvalue weighted by Gasteiger charge is 2.35. The van der Waals surface area contributed by atoms with Gasteiger partial charge in [-0.1, -0.05) is 91.0 Å². The minimum absolute atomic E-state index is 0.106. The Balaban J connectivity index is 1.76. The molecule has 3 aromatic rings. The van der Waals surface area contributed by atoms with Gasteiger partial charge in [-0.3, -0.25) is 10.2 Å². The van der Waals surface area contributed by atoms with Gasteiger partial charge in [0.2, 0.25) is 0 Å². The Labute approximate surface area is 191 Å². The van der Waals surface area contributed by atoms with Crippen molar-refractivity contribution in [1.82, 2.24) is 15.5 Å². The fourth-order valence-corrected chi connectivity index (χ4v) is 4.19. The topological polar surface area (TPSA) is 67.8 Å². The molecule has 0 aliphatic rings. The zero-order valence-electron chi connectivity index (χ0n) is 18.7. The predicted molar refractivity (Wildman–Crippen MR) is 131 cm³/mol. The Kier molecular flexibility index (Phi) is 9.88. The van der Waals surface area contributed by atoms with Gasteiger partial charge in [-0.2, -0.15) is 0 Å². The summed E-state index contributed by atoms with van der Waals surface area (Å²) >= 11 is 0. The summed E-state index contributed by atoms with van der Waals surface area (Å²) in [6, 6.07) is 31.8. The van der Waals surface area contributed by atoms with Gasteiger partial charge in [0.15, 0.2) is 0 Å². The molecule has 0 unspecified atom stereocenters. The first-order chi connectivity index (χ1) is 15.8. The van der Waals surface area contributed by atoms with E-state index in [4.69, 9.17) is 10.2 Å². The molecule has 0 fully saturated rings. The molecule has 0 bridgehead atoms. The van der Waals surface area contributed by atoms with E-state index in [0.29, 0.717) is 13.1 Å². The van der Waals surface area contributed by atoms with Crippen LogP contribution in [0, 0.1) is 0 Å². The lowest BCUT2D eigenvalue weighted by molar-refractivity contribution is 0.161. The van der Waals surface area contributed by atoms with E-state index in [1.54, 1.807) is 0 Å². The van der Waals surface area contributed by atoms with Crippen LogP contribution in [0.15, 0.2) is 91.0 Å². The number of nitrogens with one attached hydrogen (secondary N) is 2. The Bertz CT molecular complexity index is 773. The summed E-state index contributed by atoms with van der Waals surface area (Å²) in [7, 11) is 0. The maximum Gasteiger partial charge on any atom is 0.0948 e. The van der Waals surface area contributed by atoms with Gasteiger partial charge in [-0.05, 0) is 16.7 Å². The maximum atomic E-state index is 9.16. The Hall–Kier alpha value is -2.54. The highest BCUT2D eigenvalue weighted by Crippen LogP contribution is 2.36. The average Bonchev–Trinajstić information content (AvgIpc) is 2.86. The van der Waals surface area contributed by atoms with E-state index in [1.165, 1.54) is 16.7 Å². The van der Waals surface area contributed by atoms with Crippen molar-refractivity contribution in [3.8, 4) is 0 Å². The van der Waals surface area contributed by atoms with Gasteiger partial charge in [0, 0.05) is 39.3 Å². The molecular formula is C27H35N3O2. The van der Waals surface area contributed by atoms with Gasteiger partial charge in [0.25, 0.3) is 0 Å². The van der Waals surface area contributed by atoms with Crippen LogP contribution in [-0.4, -0.2) is 67.6 Å². The fourth-order valence-electron chi connectivity index (χ4n) is 4.19. The second-order valence-corrected chi connectivity index (χ2v) is 7.81. The lowest BCUT2D eigenvalue weighted by Gasteiger charge is -2.37. The highest BCUT2D eigenvalue weighted by atomic mass is 16.3. The van der Waals surface area contributed by atoms with Gasteiger partial charge in [-0.25, -0.2) is 0 Å². The Morgan fingerprint density at radius 1 is 0.562 bits per heavy atom. The summed E-state index contributed by atoms with van der Waals surface area (Å²) in [6.07, 6.45) is 0. The molecule has 0 aliphatic carbocycles. The molecule has 170 valence electrons. The molecule has 3 rings (SSSR count). The van der Waals surface area contributed by atoms with Crippen molar-refractivity contribution in [1.29, 1.82) is 0 Å². The van der Waals surface area contributed by atoms with Crippen LogP contribution in [0.4, 0.5) is 0 Å². The van der Waals surface area contributed by atoms with Crippen molar-refractivity contribution in [3.63, 3.8) is 0 Å². The molecule has 0 heterocycles. The van der Waals surface area contributed by atoms with E-state index in [0.717, 1.165) is 26.2 Å². The van der Waals surface area contributed by atoms with Crippen LogP contribution >= 0.6 is 0 Å². The summed E-state index contributed by atoms with van der Waals surface area (Å²) in [5, 5.41) is 25.7. The monoisotopic (exact) mass is 433 g/mol. The van der Waals surface area contributed by atoms with Gasteiger partial charge in [-0.15, -0.1) is 0 Å². The normalized spacial score (nSPS) is 11.7. The van der Waals surface area contributed by atoms with E-state index in [1.807, 2.05) is 0 Å². The van der Waals surface area contributed by atoms with E-state index in [9.17, 15) is 0 Å². The number of benzene rings is 3. The van der Waals surface area contributed by atoms with Crippen molar-refractivity contribution in [2.24, 2.45) is 0 Å². The molecule has 0 amide bonds. The SMILES string of the molecule is OCCN(CCO)CCNCCNC(c1ccccc1)(c1ccccc1)c1ccccc1. The van der Waals surface area contributed by atoms with Crippen LogP contribution in [0.1, 0.15) is 16.7 Å². The molecule has 4 N–H and O–H groups in total. The molecule has 0 saturated carbocycles. The standard InChI is InChI=1S/C27H35N3O2/c31-22-20-30(21-23-32)19-18-28-16-17-29-27(24-10-4-1-5-11-24,25-12-6-2-7-13-25)26-14-8-3-9-15-26/h1-15,28-29,31-32H,16-23H2. The number of hydrogen-bond donors (Lipinski definition) is 4. The van der Waals surface area contributed by atoms with Crippen molar-refractivity contribution in [2.75, 3.05) is 52.5 Å². The van der Waals surface area contributed by atoms with Crippen LogP contribution < -0.4 is 10.6 Å². The summed E-state index contributed by atoms with van der Waals surface area (Å²) in [6.45, 7) is 4.56. The van der Waals surface area contributed by atoms with Crippen molar-refractivity contribution < 1.29 is 10.2 Å². The fraction of sp³-hybridized carbons (Fsp3) is 0.333. The molecule has 3 aromatic carbocycles. The first kappa shape index (κ1) is 24.1. The summed E-state index contributed by atoms with van der Waals surface area (Å²) < 4.78 is 0. The minimum Gasteiger partial charge on any atom is -0.395 e. The first-order valence-corrected chi connectivity index (χ1v) is 11.4. The number of rotatable bonds is 14. The first-order valence-electron chi connectivity index (χ1n) is 11.4. The van der Waals surface area contributed by atoms with E-state index in [2.05, 4.69) is 107 Å². The maximum absolute atomic E-state index is 9.16. The summed E-state index contributed by atoms with van der Waals surface area (Å²) in [5.74, 6) is 0. The third kappa shape index (κ3) is 6.25. The quantitative estimate of drug-likeness (QED) is 0.232. The molecule has 32 heavy (non-hydrogen) atoms. The lowest BCUT2D eigenvalue weighted by Crippen LogP contribution is -2.47. The van der Waals surface area contributed by atoms with Crippen LogP contribution in [0.3, 0.4) is 0 Å². The van der Waals surface area contributed by atoms with Crippen LogP contribution in [0.25, 0.3) is 0 Å². The summed E-state index contributed by atoms with van der Waals surface area (Å²) in [4.78, 5) is 2.06. The zero-order chi connectivity index (χ0) is 22.5. The Morgan fingerprint density at radius 3 is 1.41 bits per heavy atom. The molecule has 0 aromatic heterocycles. The third-order valence-corrected chi connectivity index (χ3v) is 5.75. The number of nitrogens with zero attached hydrogens (tertiary/aromatic N) is 1. The second kappa shape index (κ2) is 13.1. The van der Waals surface area contributed by atoms with Gasteiger partial charge < -0.3 is 15.5 Å². The third-order valence-electron chi connectivity index (χ3n) is 5.75.